The molecule has 0 atom stereocenters. The summed E-state index contributed by atoms with van der Waals surface area (Å²) >= 11 is 0. The van der Waals surface area contributed by atoms with E-state index in [-0.39, 0.29) is 0 Å². The van der Waals surface area contributed by atoms with Crippen molar-refractivity contribution in [2.45, 2.75) is 27.3 Å². The third-order valence-corrected chi connectivity index (χ3v) is 2.69. The van der Waals surface area contributed by atoms with Crippen molar-refractivity contribution < 1.29 is 9.15 Å². The van der Waals surface area contributed by atoms with E-state index in [2.05, 4.69) is 34.7 Å². The molecule has 1 aromatic heterocycles. The summed E-state index contributed by atoms with van der Waals surface area (Å²) in [6, 6.07) is 8.01. The molecule has 0 saturated heterocycles. The fraction of sp³-hybridized carbons (Fsp3) is 0.467. The highest BCUT2D eigenvalue weighted by atomic mass is 16.5. The SMILES string of the molecule is CCOc1cccc(Nc2nnc(CNCC(C)C)o2)c1. The first-order valence-corrected chi connectivity index (χ1v) is 7.20. The molecule has 0 aliphatic heterocycles. The van der Waals surface area contributed by atoms with Crippen molar-refractivity contribution in [1.82, 2.24) is 15.5 Å². The van der Waals surface area contributed by atoms with E-state index in [0.717, 1.165) is 18.0 Å². The molecule has 6 heteroatoms. The minimum Gasteiger partial charge on any atom is -0.494 e. The quantitative estimate of drug-likeness (QED) is 0.778. The molecule has 114 valence electrons. The van der Waals surface area contributed by atoms with E-state index in [9.17, 15) is 0 Å². The van der Waals surface area contributed by atoms with Crippen molar-refractivity contribution in [1.29, 1.82) is 0 Å². The minimum absolute atomic E-state index is 0.380. The summed E-state index contributed by atoms with van der Waals surface area (Å²) in [6.07, 6.45) is 0. The van der Waals surface area contributed by atoms with Gasteiger partial charge in [-0.2, -0.15) is 0 Å². The first-order valence-electron chi connectivity index (χ1n) is 7.20. The van der Waals surface area contributed by atoms with Crippen LogP contribution in [0.4, 0.5) is 11.7 Å². The number of rotatable bonds is 8. The van der Waals surface area contributed by atoms with Gasteiger partial charge in [-0.25, -0.2) is 0 Å². The highest BCUT2D eigenvalue weighted by Gasteiger charge is 2.06. The van der Waals surface area contributed by atoms with Crippen LogP contribution in [0.15, 0.2) is 28.7 Å². The Kier molecular flexibility index (Phi) is 5.57. The number of anilines is 2. The summed E-state index contributed by atoms with van der Waals surface area (Å²) in [4.78, 5) is 0. The van der Waals surface area contributed by atoms with Gasteiger partial charge in [-0.1, -0.05) is 25.0 Å². The smallest absolute Gasteiger partial charge is 0.320 e. The molecule has 0 saturated carbocycles. The maximum atomic E-state index is 5.53. The Morgan fingerprint density at radius 1 is 1.29 bits per heavy atom. The van der Waals surface area contributed by atoms with Crippen LogP contribution in [-0.2, 0) is 6.54 Å². The maximum Gasteiger partial charge on any atom is 0.320 e. The molecular weight excluding hydrogens is 268 g/mol. The van der Waals surface area contributed by atoms with Gasteiger partial charge in [0.1, 0.15) is 5.75 Å². The molecule has 2 rings (SSSR count). The Labute approximate surface area is 124 Å². The predicted molar refractivity (Wildman–Crippen MR) is 81.7 cm³/mol. The lowest BCUT2D eigenvalue weighted by Crippen LogP contribution is -2.19. The number of ether oxygens (including phenoxy) is 1. The van der Waals surface area contributed by atoms with Crippen LogP contribution in [-0.4, -0.2) is 23.3 Å². The number of aromatic nitrogens is 2. The minimum atomic E-state index is 0.380. The second kappa shape index (κ2) is 7.64. The second-order valence-corrected chi connectivity index (χ2v) is 5.11. The lowest BCUT2D eigenvalue weighted by atomic mass is 10.2. The molecule has 0 aliphatic rings. The van der Waals surface area contributed by atoms with Crippen LogP contribution in [0.1, 0.15) is 26.7 Å². The summed E-state index contributed by atoms with van der Waals surface area (Å²) in [7, 11) is 0. The molecule has 2 aromatic rings. The molecule has 0 radical (unpaired) electrons. The molecule has 0 amide bonds. The van der Waals surface area contributed by atoms with Crippen molar-refractivity contribution in [3.8, 4) is 5.75 Å². The number of benzene rings is 1. The van der Waals surface area contributed by atoms with E-state index < -0.39 is 0 Å². The topological polar surface area (TPSA) is 72.2 Å². The van der Waals surface area contributed by atoms with E-state index in [1.807, 2.05) is 31.2 Å². The largest absolute Gasteiger partial charge is 0.494 e. The molecule has 1 aromatic carbocycles. The van der Waals surface area contributed by atoms with E-state index in [1.54, 1.807) is 0 Å². The Bertz CT molecular complexity index is 554. The van der Waals surface area contributed by atoms with Gasteiger partial charge >= 0.3 is 6.01 Å². The van der Waals surface area contributed by atoms with Crippen LogP contribution in [0.25, 0.3) is 0 Å². The average molecular weight is 290 g/mol. The third-order valence-electron chi connectivity index (χ3n) is 2.69. The molecular formula is C15H22N4O2. The molecule has 2 N–H and O–H groups in total. The molecule has 0 fully saturated rings. The Hall–Kier alpha value is -2.08. The Morgan fingerprint density at radius 2 is 2.14 bits per heavy atom. The van der Waals surface area contributed by atoms with Gasteiger partial charge in [0, 0.05) is 11.8 Å². The van der Waals surface area contributed by atoms with Crippen LogP contribution in [0.2, 0.25) is 0 Å². The number of nitrogens with one attached hydrogen (secondary N) is 2. The zero-order valence-corrected chi connectivity index (χ0v) is 12.7. The fourth-order valence-corrected chi connectivity index (χ4v) is 1.80. The van der Waals surface area contributed by atoms with Gasteiger partial charge in [-0.05, 0) is 31.5 Å². The van der Waals surface area contributed by atoms with Crippen molar-refractivity contribution in [2.75, 3.05) is 18.5 Å². The summed E-state index contributed by atoms with van der Waals surface area (Å²) in [5.74, 6) is 1.96. The van der Waals surface area contributed by atoms with E-state index in [0.29, 0.717) is 31.0 Å². The first-order chi connectivity index (χ1) is 10.2. The summed E-state index contributed by atoms with van der Waals surface area (Å²) < 4.78 is 11.0. The van der Waals surface area contributed by atoms with Crippen molar-refractivity contribution in [3.63, 3.8) is 0 Å². The van der Waals surface area contributed by atoms with Gasteiger partial charge in [-0.15, -0.1) is 5.10 Å². The van der Waals surface area contributed by atoms with E-state index in [1.165, 1.54) is 0 Å². The normalized spacial score (nSPS) is 10.9. The van der Waals surface area contributed by atoms with Crippen LogP contribution < -0.4 is 15.4 Å². The van der Waals surface area contributed by atoms with Gasteiger partial charge in [-0.3, -0.25) is 0 Å². The van der Waals surface area contributed by atoms with Gasteiger partial charge in [0.15, 0.2) is 0 Å². The predicted octanol–water partition coefficient (Wildman–Crippen LogP) is 2.96. The zero-order valence-electron chi connectivity index (χ0n) is 12.7. The van der Waals surface area contributed by atoms with Crippen molar-refractivity contribution >= 4 is 11.7 Å². The zero-order chi connectivity index (χ0) is 15.1. The maximum absolute atomic E-state index is 5.53. The summed E-state index contributed by atoms with van der Waals surface area (Å²) in [5.41, 5.74) is 0.853. The fourth-order valence-electron chi connectivity index (χ4n) is 1.80. The van der Waals surface area contributed by atoms with Crippen LogP contribution in [0.3, 0.4) is 0 Å². The van der Waals surface area contributed by atoms with Crippen molar-refractivity contribution in [3.05, 3.63) is 30.2 Å². The average Bonchev–Trinajstić information content (AvgIpc) is 2.87. The molecule has 6 nitrogen and oxygen atoms in total. The van der Waals surface area contributed by atoms with Gasteiger partial charge in [0.05, 0.1) is 13.2 Å². The molecule has 0 spiro atoms. The van der Waals surface area contributed by atoms with Crippen LogP contribution in [0.5, 0.6) is 5.75 Å². The van der Waals surface area contributed by atoms with Crippen LogP contribution in [0, 0.1) is 5.92 Å². The molecule has 0 aliphatic carbocycles. The number of hydrogen-bond acceptors (Lipinski definition) is 6. The van der Waals surface area contributed by atoms with Crippen molar-refractivity contribution in [2.24, 2.45) is 5.92 Å². The van der Waals surface area contributed by atoms with E-state index in [4.69, 9.17) is 9.15 Å². The highest BCUT2D eigenvalue weighted by molar-refractivity contribution is 5.54. The third kappa shape index (κ3) is 5.07. The molecule has 0 unspecified atom stereocenters. The monoisotopic (exact) mass is 290 g/mol. The Morgan fingerprint density at radius 3 is 2.90 bits per heavy atom. The highest BCUT2D eigenvalue weighted by Crippen LogP contribution is 2.20. The lowest BCUT2D eigenvalue weighted by Gasteiger charge is -2.06. The molecule has 1 heterocycles. The van der Waals surface area contributed by atoms with Gasteiger partial charge in [0.25, 0.3) is 0 Å². The second-order valence-electron chi connectivity index (χ2n) is 5.11. The number of hydrogen-bond donors (Lipinski definition) is 2. The molecule has 21 heavy (non-hydrogen) atoms. The van der Waals surface area contributed by atoms with Crippen LogP contribution >= 0.6 is 0 Å². The standard InChI is InChI=1S/C15H22N4O2/c1-4-20-13-7-5-6-12(8-13)17-15-19-18-14(21-15)10-16-9-11(2)3/h5-8,11,16H,4,9-10H2,1-3H3,(H,17,19). The van der Waals surface area contributed by atoms with Gasteiger partial charge < -0.3 is 19.8 Å². The Balaban J connectivity index is 1.91. The first kappa shape index (κ1) is 15.3. The summed E-state index contributed by atoms with van der Waals surface area (Å²) in [6.45, 7) is 8.38. The summed E-state index contributed by atoms with van der Waals surface area (Å²) in [5, 5.41) is 14.3. The van der Waals surface area contributed by atoms with Gasteiger partial charge in [0.2, 0.25) is 5.89 Å². The van der Waals surface area contributed by atoms with E-state index >= 15 is 0 Å². The lowest BCUT2D eigenvalue weighted by molar-refractivity contribution is 0.340. The number of nitrogens with zero attached hydrogens (tertiary/aromatic N) is 2. The molecule has 0 bridgehead atoms.